The minimum Gasteiger partial charge on any atom is -0.392 e. The zero-order chi connectivity index (χ0) is 15.6. The van der Waals surface area contributed by atoms with Crippen molar-refractivity contribution in [3.8, 4) is 0 Å². The molecule has 4 nitrogen and oxygen atoms in total. The standard InChI is InChI=1S/C13H13Cl2NO3S2/c1-16(6-9-2-3-20-8-9)21(18,19)13-4-10(7-17)11(14)5-12(13)15/h2-5,8,17H,6-7H2,1H3. The number of thiophene rings is 1. The number of hydrogen-bond acceptors (Lipinski definition) is 4. The van der Waals surface area contributed by atoms with Crippen LogP contribution >= 0.6 is 34.5 Å². The highest BCUT2D eigenvalue weighted by Gasteiger charge is 2.25. The fourth-order valence-electron chi connectivity index (χ4n) is 1.78. The SMILES string of the molecule is CN(Cc1ccsc1)S(=O)(=O)c1cc(CO)c(Cl)cc1Cl. The Hall–Kier alpha value is -0.630. The molecular weight excluding hydrogens is 353 g/mol. The van der Waals surface area contributed by atoms with Gasteiger partial charge in [0.15, 0.2) is 0 Å². The monoisotopic (exact) mass is 365 g/mol. The number of benzene rings is 1. The van der Waals surface area contributed by atoms with Crippen molar-refractivity contribution in [2.45, 2.75) is 18.0 Å². The molecule has 0 atom stereocenters. The lowest BCUT2D eigenvalue weighted by Gasteiger charge is -2.18. The summed E-state index contributed by atoms with van der Waals surface area (Å²) >= 11 is 13.4. The van der Waals surface area contributed by atoms with Gasteiger partial charge in [-0.1, -0.05) is 23.2 Å². The van der Waals surface area contributed by atoms with E-state index in [0.29, 0.717) is 5.56 Å². The van der Waals surface area contributed by atoms with E-state index in [1.807, 2.05) is 16.8 Å². The largest absolute Gasteiger partial charge is 0.392 e. The van der Waals surface area contributed by atoms with Gasteiger partial charge in [0, 0.05) is 18.6 Å². The Morgan fingerprint density at radius 3 is 2.57 bits per heavy atom. The third-order valence-electron chi connectivity index (χ3n) is 2.94. The summed E-state index contributed by atoms with van der Waals surface area (Å²) in [6.07, 6.45) is 0. The summed E-state index contributed by atoms with van der Waals surface area (Å²) in [6, 6.07) is 4.50. The Balaban J connectivity index is 2.39. The predicted molar refractivity (Wildman–Crippen MR) is 85.4 cm³/mol. The number of aliphatic hydroxyl groups excluding tert-OH is 1. The molecule has 21 heavy (non-hydrogen) atoms. The maximum absolute atomic E-state index is 12.6. The van der Waals surface area contributed by atoms with Gasteiger partial charge in [0.25, 0.3) is 0 Å². The van der Waals surface area contributed by atoms with Crippen LogP contribution in [0.3, 0.4) is 0 Å². The fraction of sp³-hybridized carbons (Fsp3) is 0.231. The van der Waals surface area contributed by atoms with E-state index in [-0.39, 0.29) is 28.1 Å². The molecule has 0 unspecified atom stereocenters. The van der Waals surface area contributed by atoms with E-state index in [0.717, 1.165) is 5.56 Å². The molecule has 0 radical (unpaired) electrons. The van der Waals surface area contributed by atoms with Crippen LogP contribution in [0, 0.1) is 0 Å². The van der Waals surface area contributed by atoms with Gasteiger partial charge >= 0.3 is 0 Å². The van der Waals surface area contributed by atoms with E-state index in [2.05, 4.69) is 0 Å². The molecule has 0 saturated heterocycles. The molecule has 0 aliphatic carbocycles. The van der Waals surface area contributed by atoms with E-state index in [9.17, 15) is 13.5 Å². The number of halogens is 2. The van der Waals surface area contributed by atoms with E-state index in [1.165, 1.54) is 34.8 Å². The van der Waals surface area contributed by atoms with Gasteiger partial charge < -0.3 is 5.11 Å². The number of nitrogens with zero attached hydrogens (tertiary/aromatic N) is 1. The highest BCUT2D eigenvalue weighted by Crippen LogP contribution is 2.30. The smallest absolute Gasteiger partial charge is 0.244 e. The van der Waals surface area contributed by atoms with Crippen LogP contribution in [0.1, 0.15) is 11.1 Å². The highest BCUT2D eigenvalue weighted by molar-refractivity contribution is 7.89. The Labute approximate surface area is 137 Å². The first-order valence-electron chi connectivity index (χ1n) is 5.92. The molecule has 114 valence electrons. The predicted octanol–water partition coefficient (Wildman–Crippen LogP) is 3.37. The molecule has 0 aliphatic heterocycles. The van der Waals surface area contributed by atoms with Crippen molar-refractivity contribution in [3.63, 3.8) is 0 Å². The van der Waals surface area contributed by atoms with Crippen LogP contribution in [0.15, 0.2) is 33.9 Å². The molecule has 0 fully saturated rings. The van der Waals surface area contributed by atoms with Crippen molar-refractivity contribution in [2.75, 3.05) is 7.05 Å². The average molecular weight is 366 g/mol. The molecule has 8 heteroatoms. The van der Waals surface area contributed by atoms with E-state index < -0.39 is 10.0 Å². The Morgan fingerprint density at radius 1 is 1.29 bits per heavy atom. The van der Waals surface area contributed by atoms with Crippen molar-refractivity contribution in [1.29, 1.82) is 0 Å². The third kappa shape index (κ3) is 3.59. The Kier molecular flexibility index (Phi) is 5.29. The first-order chi connectivity index (χ1) is 9.86. The molecule has 0 spiro atoms. The number of hydrogen-bond donors (Lipinski definition) is 1. The fourth-order valence-corrected chi connectivity index (χ4v) is 4.43. The second-order valence-corrected chi connectivity index (χ2v) is 8.03. The molecule has 2 aromatic rings. The minimum atomic E-state index is -3.76. The molecule has 2 rings (SSSR count). The number of rotatable bonds is 5. The second-order valence-electron chi connectivity index (χ2n) is 4.42. The lowest BCUT2D eigenvalue weighted by molar-refractivity contribution is 0.281. The molecule has 0 amide bonds. The van der Waals surface area contributed by atoms with Gasteiger partial charge in [-0.3, -0.25) is 0 Å². The van der Waals surface area contributed by atoms with Crippen molar-refractivity contribution in [1.82, 2.24) is 4.31 Å². The van der Waals surface area contributed by atoms with Crippen LogP contribution in [0.5, 0.6) is 0 Å². The average Bonchev–Trinajstić information content (AvgIpc) is 2.91. The molecular formula is C13H13Cl2NO3S2. The highest BCUT2D eigenvalue weighted by atomic mass is 35.5. The van der Waals surface area contributed by atoms with Gasteiger partial charge in [0.1, 0.15) is 4.90 Å². The summed E-state index contributed by atoms with van der Waals surface area (Å²) in [7, 11) is -2.28. The van der Waals surface area contributed by atoms with Crippen LogP contribution < -0.4 is 0 Å². The summed E-state index contributed by atoms with van der Waals surface area (Å²) in [5.74, 6) is 0. The van der Waals surface area contributed by atoms with E-state index in [4.69, 9.17) is 23.2 Å². The van der Waals surface area contributed by atoms with Gasteiger partial charge in [0.05, 0.1) is 11.6 Å². The number of aliphatic hydroxyl groups is 1. The summed E-state index contributed by atoms with van der Waals surface area (Å²) < 4.78 is 26.4. The maximum Gasteiger partial charge on any atom is 0.244 e. The summed E-state index contributed by atoms with van der Waals surface area (Å²) in [5.41, 5.74) is 1.22. The van der Waals surface area contributed by atoms with Gasteiger partial charge in [-0.25, -0.2) is 8.42 Å². The summed E-state index contributed by atoms with van der Waals surface area (Å²) in [4.78, 5) is -0.0599. The van der Waals surface area contributed by atoms with Crippen molar-refractivity contribution in [2.24, 2.45) is 0 Å². The van der Waals surface area contributed by atoms with Gasteiger partial charge in [-0.2, -0.15) is 15.6 Å². The second kappa shape index (κ2) is 6.64. The minimum absolute atomic E-state index is 0.0365. The molecule has 1 N–H and O–H groups in total. The first-order valence-corrected chi connectivity index (χ1v) is 9.06. The molecule has 0 saturated carbocycles. The molecule has 1 aromatic heterocycles. The lowest BCUT2D eigenvalue weighted by atomic mass is 10.2. The Morgan fingerprint density at radius 2 is 2.00 bits per heavy atom. The van der Waals surface area contributed by atoms with E-state index in [1.54, 1.807) is 0 Å². The molecule has 0 bridgehead atoms. The molecule has 0 aliphatic rings. The third-order valence-corrected chi connectivity index (χ3v) is 6.30. The van der Waals surface area contributed by atoms with Crippen molar-refractivity contribution in [3.05, 3.63) is 50.1 Å². The normalized spacial score (nSPS) is 12.0. The van der Waals surface area contributed by atoms with Crippen molar-refractivity contribution >= 4 is 44.6 Å². The van der Waals surface area contributed by atoms with E-state index >= 15 is 0 Å². The first kappa shape index (κ1) is 16.7. The Bertz CT molecular complexity index is 730. The zero-order valence-electron chi connectivity index (χ0n) is 11.1. The molecule has 1 aromatic carbocycles. The van der Waals surface area contributed by atoms with Gasteiger partial charge in [-0.15, -0.1) is 0 Å². The van der Waals surface area contributed by atoms with Crippen LogP contribution in [0.4, 0.5) is 0 Å². The zero-order valence-corrected chi connectivity index (χ0v) is 14.2. The van der Waals surface area contributed by atoms with Crippen LogP contribution in [0.25, 0.3) is 0 Å². The topological polar surface area (TPSA) is 57.6 Å². The summed E-state index contributed by atoms with van der Waals surface area (Å²) in [5, 5.41) is 13.3. The number of sulfonamides is 1. The van der Waals surface area contributed by atoms with Crippen LogP contribution in [-0.2, 0) is 23.2 Å². The quantitative estimate of drug-likeness (QED) is 0.883. The van der Waals surface area contributed by atoms with Gasteiger partial charge in [-0.05, 0) is 40.1 Å². The maximum atomic E-state index is 12.6. The van der Waals surface area contributed by atoms with Crippen LogP contribution in [0.2, 0.25) is 10.0 Å². The van der Waals surface area contributed by atoms with Crippen molar-refractivity contribution < 1.29 is 13.5 Å². The lowest BCUT2D eigenvalue weighted by Crippen LogP contribution is -2.26. The van der Waals surface area contributed by atoms with Gasteiger partial charge in [0.2, 0.25) is 10.0 Å². The molecule has 1 heterocycles. The summed E-state index contributed by atoms with van der Waals surface area (Å²) in [6.45, 7) is -0.105. The van der Waals surface area contributed by atoms with Crippen LogP contribution in [-0.4, -0.2) is 24.9 Å².